The SMILES string of the molecule is Bc1c(B)c(O)c(O)c(-c2c3ccccc3c(-c3ccc(-c4ccc(-n5c(CC)nc6ccccc65)cc4)cc3)c3ccc(-c4ccccc4)cc23)c1B. The van der Waals surface area contributed by atoms with Gasteiger partial charge in [0.05, 0.1) is 11.0 Å². The second-order valence-electron chi connectivity index (χ2n) is 14.2. The highest BCUT2D eigenvalue weighted by Gasteiger charge is 2.24. The number of rotatable bonds is 6. The summed E-state index contributed by atoms with van der Waals surface area (Å²) in [6, 6.07) is 51.4. The average molecular weight is 694 g/mol. The van der Waals surface area contributed by atoms with E-state index in [0.717, 1.165) is 100 Å². The maximum atomic E-state index is 11.7. The monoisotopic (exact) mass is 694 g/mol. The quantitative estimate of drug-likeness (QED) is 0.115. The molecular formula is C47H37B3N2O2. The maximum Gasteiger partial charge on any atom is 0.164 e. The zero-order chi connectivity index (χ0) is 37.1. The van der Waals surface area contributed by atoms with E-state index in [-0.39, 0.29) is 11.5 Å². The van der Waals surface area contributed by atoms with E-state index in [1.807, 2.05) is 35.7 Å². The molecule has 9 rings (SSSR count). The second-order valence-corrected chi connectivity index (χ2v) is 14.2. The smallest absolute Gasteiger partial charge is 0.164 e. The molecule has 256 valence electrons. The Balaban J connectivity index is 1.21. The highest BCUT2D eigenvalue weighted by molar-refractivity contribution is 6.60. The third kappa shape index (κ3) is 5.30. The normalized spacial score (nSPS) is 11.5. The van der Waals surface area contributed by atoms with E-state index in [2.05, 4.69) is 145 Å². The molecule has 7 heteroatoms. The molecule has 1 aromatic heterocycles. The third-order valence-corrected chi connectivity index (χ3v) is 11.3. The van der Waals surface area contributed by atoms with Gasteiger partial charge in [0.2, 0.25) is 0 Å². The lowest BCUT2D eigenvalue weighted by molar-refractivity contribution is 0.409. The van der Waals surface area contributed by atoms with Crippen molar-refractivity contribution in [3.05, 3.63) is 151 Å². The van der Waals surface area contributed by atoms with Crippen LogP contribution in [0.1, 0.15) is 12.7 Å². The van der Waals surface area contributed by atoms with E-state index in [0.29, 0.717) is 11.0 Å². The topological polar surface area (TPSA) is 58.3 Å². The summed E-state index contributed by atoms with van der Waals surface area (Å²) in [5, 5.41) is 27.0. The summed E-state index contributed by atoms with van der Waals surface area (Å²) in [7, 11) is 5.91. The molecule has 4 nitrogen and oxygen atoms in total. The molecule has 9 aromatic rings. The van der Waals surface area contributed by atoms with Gasteiger partial charge in [-0.05, 0) is 85.3 Å². The number of aryl methyl sites for hydroxylation is 1. The highest BCUT2D eigenvalue weighted by Crippen LogP contribution is 2.47. The zero-order valence-corrected chi connectivity index (χ0v) is 30.9. The molecule has 0 spiro atoms. The summed E-state index contributed by atoms with van der Waals surface area (Å²) in [5.41, 5.74) is 14.2. The van der Waals surface area contributed by atoms with Crippen LogP contribution in [0.25, 0.3) is 82.8 Å². The first-order valence-corrected chi connectivity index (χ1v) is 18.6. The van der Waals surface area contributed by atoms with E-state index in [4.69, 9.17) is 4.98 Å². The van der Waals surface area contributed by atoms with Crippen LogP contribution in [-0.4, -0.2) is 43.3 Å². The standard InChI is InChI=1S/C47H37B3N2O2/c1-2-39-51-37-14-8-9-15-38(37)52(39)32-23-20-29(21-24-32)28-16-18-30(19-17-28)40-33-12-6-7-13-34(33)41(42-43(48)44(49)45(50)47(54)46(42)53)36-26-31(22-25-35(36)40)27-10-4-3-5-11-27/h3-26,53-54H,2,48-50H2,1H3. The van der Waals surface area contributed by atoms with Crippen LogP contribution < -0.4 is 16.4 Å². The number of fused-ring (bicyclic) bond motifs is 3. The molecular weight excluding hydrogens is 657 g/mol. The van der Waals surface area contributed by atoms with Gasteiger partial charge in [-0.3, -0.25) is 4.57 Å². The molecule has 0 saturated carbocycles. The van der Waals surface area contributed by atoms with E-state index >= 15 is 0 Å². The summed E-state index contributed by atoms with van der Waals surface area (Å²) in [4.78, 5) is 4.87. The number of para-hydroxylation sites is 2. The number of benzene rings is 8. The molecule has 2 N–H and O–H groups in total. The Morgan fingerprint density at radius 3 is 1.74 bits per heavy atom. The molecule has 1 heterocycles. The molecule has 0 unspecified atom stereocenters. The van der Waals surface area contributed by atoms with E-state index in [1.165, 1.54) is 0 Å². The summed E-state index contributed by atoms with van der Waals surface area (Å²) >= 11 is 0. The maximum absolute atomic E-state index is 11.7. The summed E-state index contributed by atoms with van der Waals surface area (Å²) in [6.45, 7) is 2.15. The van der Waals surface area contributed by atoms with Crippen molar-refractivity contribution in [1.29, 1.82) is 0 Å². The van der Waals surface area contributed by atoms with Crippen LogP contribution in [0, 0.1) is 0 Å². The fourth-order valence-corrected chi connectivity index (χ4v) is 8.23. The first-order valence-electron chi connectivity index (χ1n) is 18.6. The average Bonchev–Trinajstić information content (AvgIpc) is 3.61. The van der Waals surface area contributed by atoms with Gasteiger partial charge in [0.15, 0.2) is 11.5 Å². The number of aromatic hydroxyl groups is 2. The Labute approximate surface area is 317 Å². The van der Waals surface area contributed by atoms with Gasteiger partial charge in [0.25, 0.3) is 0 Å². The Bertz CT molecular complexity index is 2870. The third-order valence-electron chi connectivity index (χ3n) is 11.3. The van der Waals surface area contributed by atoms with Crippen LogP contribution in [0.15, 0.2) is 146 Å². The second kappa shape index (κ2) is 13.2. The minimum absolute atomic E-state index is 0.0681. The molecule has 0 amide bonds. The summed E-state index contributed by atoms with van der Waals surface area (Å²) < 4.78 is 2.26. The molecule has 0 aliphatic rings. The minimum Gasteiger partial charge on any atom is -0.505 e. The van der Waals surface area contributed by atoms with Crippen molar-refractivity contribution in [2.75, 3.05) is 0 Å². The Morgan fingerprint density at radius 1 is 0.481 bits per heavy atom. The summed E-state index contributed by atoms with van der Waals surface area (Å²) in [5.74, 6) is 0.901. The van der Waals surface area contributed by atoms with Gasteiger partial charge in [0, 0.05) is 23.2 Å². The first kappa shape index (κ1) is 33.4. The number of phenolic OH excluding ortho intramolecular Hbond substituents is 2. The molecule has 0 radical (unpaired) electrons. The van der Waals surface area contributed by atoms with Gasteiger partial charge in [-0.15, -0.1) is 0 Å². The molecule has 0 atom stereocenters. The molecule has 0 saturated heterocycles. The van der Waals surface area contributed by atoms with Gasteiger partial charge in [-0.1, -0.05) is 139 Å². The van der Waals surface area contributed by atoms with Crippen LogP contribution in [0.3, 0.4) is 0 Å². The van der Waals surface area contributed by atoms with Crippen molar-refractivity contribution < 1.29 is 10.2 Å². The Kier molecular flexibility index (Phi) is 8.16. The van der Waals surface area contributed by atoms with Crippen LogP contribution in [0.2, 0.25) is 0 Å². The van der Waals surface area contributed by atoms with Gasteiger partial charge in [-0.25, -0.2) is 4.98 Å². The number of imidazole rings is 1. The van der Waals surface area contributed by atoms with Crippen molar-refractivity contribution in [2.45, 2.75) is 13.3 Å². The van der Waals surface area contributed by atoms with E-state index < -0.39 is 0 Å². The van der Waals surface area contributed by atoms with E-state index in [9.17, 15) is 10.2 Å². The van der Waals surface area contributed by atoms with Crippen LogP contribution in [-0.2, 0) is 6.42 Å². The fourth-order valence-electron chi connectivity index (χ4n) is 8.23. The molecule has 0 fully saturated rings. The molecule has 54 heavy (non-hydrogen) atoms. The van der Waals surface area contributed by atoms with Crippen molar-refractivity contribution in [3.8, 4) is 61.7 Å². The van der Waals surface area contributed by atoms with Crippen LogP contribution >= 0.6 is 0 Å². The number of phenols is 2. The van der Waals surface area contributed by atoms with Crippen molar-refractivity contribution >= 4 is 72.5 Å². The Hall–Kier alpha value is -6.46. The largest absolute Gasteiger partial charge is 0.505 e. The number of hydrogen-bond acceptors (Lipinski definition) is 3. The molecule has 0 bridgehead atoms. The van der Waals surface area contributed by atoms with Crippen molar-refractivity contribution in [1.82, 2.24) is 9.55 Å². The van der Waals surface area contributed by atoms with Crippen LogP contribution in [0.4, 0.5) is 0 Å². The fraction of sp³-hybridized carbons (Fsp3) is 0.0426. The molecule has 0 aliphatic carbocycles. The first-order chi connectivity index (χ1) is 26.3. The zero-order valence-electron chi connectivity index (χ0n) is 30.9. The van der Waals surface area contributed by atoms with Gasteiger partial charge >= 0.3 is 0 Å². The highest BCUT2D eigenvalue weighted by atomic mass is 16.3. The molecule has 0 aliphatic heterocycles. The minimum atomic E-state index is -0.0811. The van der Waals surface area contributed by atoms with Gasteiger partial charge in [-0.2, -0.15) is 0 Å². The lowest BCUT2D eigenvalue weighted by atomic mass is 9.68. The van der Waals surface area contributed by atoms with Gasteiger partial charge < -0.3 is 10.2 Å². The summed E-state index contributed by atoms with van der Waals surface area (Å²) in [6.07, 6.45) is 0.851. The lowest BCUT2D eigenvalue weighted by Crippen LogP contribution is -2.40. The van der Waals surface area contributed by atoms with Crippen LogP contribution in [0.5, 0.6) is 11.5 Å². The van der Waals surface area contributed by atoms with E-state index in [1.54, 1.807) is 0 Å². The molecule has 8 aromatic carbocycles. The van der Waals surface area contributed by atoms with Crippen molar-refractivity contribution in [3.63, 3.8) is 0 Å². The predicted molar refractivity (Wildman–Crippen MR) is 235 cm³/mol. The number of nitrogens with zero attached hydrogens (tertiary/aromatic N) is 2. The number of aromatic nitrogens is 2. The lowest BCUT2D eigenvalue weighted by Gasteiger charge is -2.23. The predicted octanol–water partition coefficient (Wildman–Crippen LogP) is 6.75. The van der Waals surface area contributed by atoms with Crippen molar-refractivity contribution in [2.24, 2.45) is 0 Å². The Morgan fingerprint density at radius 2 is 1.04 bits per heavy atom. The van der Waals surface area contributed by atoms with Gasteiger partial charge in [0.1, 0.15) is 29.4 Å². The number of hydrogen-bond donors (Lipinski definition) is 2.